The molecule has 0 bridgehead atoms. The van der Waals surface area contributed by atoms with E-state index in [2.05, 4.69) is 22.8 Å². The van der Waals surface area contributed by atoms with Crippen LogP contribution in [0.4, 0.5) is 11.4 Å². The van der Waals surface area contributed by atoms with Crippen molar-refractivity contribution in [3.8, 4) is 11.5 Å². The van der Waals surface area contributed by atoms with Crippen LogP contribution in [0.2, 0.25) is 0 Å². The van der Waals surface area contributed by atoms with E-state index in [1.807, 2.05) is 0 Å². The van der Waals surface area contributed by atoms with E-state index in [0.717, 1.165) is 25.7 Å². The Morgan fingerprint density at radius 3 is 2.75 bits per heavy atom. The van der Waals surface area contributed by atoms with E-state index in [-0.39, 0.29) is 25.1 Å². The Bertz CT molecular complexity index is 677. The molecule has 2 aromatic rings. The summed E-state index contributed by atoms with van der Waals surface area (Å²) in [5.74, 6) is 1.21. The van der Waals surface area contributed by atoms with Gasteiger partial charge in [-0.15, -0.1) is 23.7 Å². The van der Waals surface area contributed by atoms with Crippen molar-refractivity contribution < 1.29 is 14.3 Å². The predicted molar refractivity (Wildman–Crippen MR) is 99.3 cm³/mol. The summed E-state index contributed by atoms with van der Waals surface area (Å²) in [6, 6.07) is 7.62. The van der Waals surface area contributed by atoms with Gasteiger partial charge in [0, 0.05) is 23.4 Å². The number of thiophene rings is 1. The van der Waals surface area contributed by atoms with Crippen LogP contribution in [0.25, 0.3) is 0 Å². The number of nitrogens with one attached hydrogen (secondary N) is 1. The molecule has 0 atom stereocenters. The number of anilines is 2. The molecule has 24 heavy (non-hydrogen) atoms. The maximum absolute atomic E-state index is 12.0. The first-order valence-corrected chi connectivity index (χ1v) is 8.62. The van der Waals surface area contributed by atoms with Crippen LogP contribution in [0.5, 0.6) is 11.5 Å². The molecule has 7 heteroatoms. The number of amides is 1. The van der Waals surface area contributed by atoms with Gasteiger partial charge < -0.3 is 20.5 Å². The molecule has 0 saturated heterocycles. The average Bonchev–Trinajstić information content (AvgIpc) is 3.18. The van der Waals surface area contributed by atoms with Crippen LogP contribution in [0.1, 0.15) is 30.6 Å². The number of unbranched alkanes of at least 4 members (excludes halogenated alkanes) is 2. The lowest BCUT2D eigenvalue weighted by Crippen LogP contribution is -2.12. The van der Waals surface area contributed by atoms with E-state index in [1.165, 1.54) is 4.88 Å². The second-order valence-corrected chi connectivity index (χ2v) is 6.51. The number of nitrogen functional groups attached to an aromatic ring is 1. The topological polar surface area (TPSA) is 73.6 Å². The van der Waals surface area contributed by atoms with Crippen molar-refractivity contribution in [3.63, 3.8) is 0 Å². The Morgan fingerprint density at radius 1 is 1.21 bits per heavy atom. The van der Waals surface area contributed by atoms with Gasteiger partial charge in [-0.25, -0.2) is 0 Å². The number of carbonyl (C=O) groups is 1. The number of hydrogen-bond acceptors (Lipinski definition) is 5. The number of hydrogen-bond donors (Lipinski definition) is 2. The molecule has 0 saturated carbocycles. The molecule has 2 heterocycles. The van der Waals surface area contributed by atoms with Crippen molar-refractivity contribution in [1.29, 1.82) is 0 Å². The lowest BCUT2D eigenvalue weighted by Gasteiger charge is -2.09. The number of halogens is 1. The molecule has 0 aliphatic carbocycles. The summed E-state index contributed by atoms with van der Waals surface area (Å²) in [7, 11) is 0. The SMILES string of the molecule is Cl.Nc1cc2c(cc1NC(=O)CCCCCc1cccs1)OCO2. The molecule has 0 radical (unpaired) electrons. The van der Waals surface area contributed by atoms with Gasteiger partial charge in [0.25, 0.3) is 0 Å². The number of aryl methyl sites for hydroxylation is 1. The molecule has 0 fully saturated rings. The van der Waals surface area contributed by atoms with Crippen molar-refractivity contribution in [3.05, 3.63) is 34.5 Å². The fourth-order valence-electron chi connectivity index (χ4n) is 2.50. The Labute approximate surface area is 151 Å². The molecule has 1 aromatic heterocycles. The maximum atomic E-state index is 12.0. The van der Waals surface area contributed by atoms with Crippen molar-refractivity contribution in [2.45, 2.75) is 32.1 Å². The number of fused-ring (bicyclic) bond motifs is 1. The molecular weight excluding hydrogens is 348 g/mol. The summed E-state index contributed by atoms with van der Waals surface area (Å²) in [4.78, 5) is 13.4. The second kappa shape index (κ2) is 8.80. The highest BCUT2D eigenvalue weighted by molar-refractivity contribution is 7.09. The van der Waals surface area contributed by atoms with E-state index in [4.69, 9.17) is 15.2 Å². The first-order chi connectivity index (χ1) is 11.2. The fraction of sp³-hybridized carbons (Fsp3) is 0.353. The molecule has 3 rings (SSSR count). The minimum atomic E-state index is -0.0216. The highest BCUT2D eigenvalue weighted by atomic mass is 35.5. The minimum absolute atomic E-state index is 0. The highest BCUT2D eigenvalue weighted by Gasteiger charge is 2.17. The lowest BCUT2D eigenvalue weighted by molar-refractivity contribution is -0.116. The van der Waals surface area contributed by atoms with Crippen LogP contribution in [0, 0.1) is 0 Å². The normalized spacial score (nSPS) is 11.8. The third-order valence-electron chi connectivity index (χ3n) is 3.73. The molecular formula is C17H21ClN2O3S. The largest absolute Gasteiger partial charge is 0.454 e. The van der Waals surface area contributed by atoms with Gasteiger partial charge in [-0.3, -0.25) is 4.79 Å². The molecule has 0 spiro atoms. The van der Waals surface area contributed by atoms with Crippen LogP contribution in [-0.2, 0) is 11.2 Å². The summed E-state index contributed by atoms with van der Waals surface area (Å²) < 4.78 is 10.5. The van der Waals surface area contributed by atoms with Gasteiger partial charge >= 0.3 is 0 Å². The summed E-state index contributed by atoms with van der Waals surface area (Å²) in [6.45, 7) is 0.191. The number of nitrogens with two attached hydrogens (primary N) is 1. The van der Waals surface area contributed by atoms with Gasteiger partial charge in [0.1, 0.15) is 0 Å². The summed E-state index contributed by atoms with van der Waals surface area (Å²) in [5.41, 5.74) is 6.99. The Morgan fingerprint density at radius 2 is 2.00 bits per heavy atom. The van der Waals surface area contributed by atoms with Crippen molar-refractivity contribution in [2.75, 3.05) is 17.8 Å². The fourth-order valence-corrected chi connectivity index (χ4v) is 3.25. The van der Waals surface area contributed by atoms with Crippen LogP contribution in [-0.4, -0.2) is 12.7 Å². The Kier molecular flexibility index (Phi) is 6.75. The quantitative estimate of drug-likeness (QED) is 0.566. The van der Waals surface area contributed by atoms with Gasteiger partial charge in [-0.2, -0.15) is 0 Å². The van der Waals surface area contributed by atoms with Crippen molar-refractivity contribution >= 4 is 41.0 Å². The van der Waals surface area contributed by atoms with E-state index < -0.39 is 0 Å². The first kappa shape index (κ1) is 18.4. The monoisotopic (exact) mass is 368 g/mol. The Hall–Kier alpha value is -1.92. The van der Waals surface area contributed by atoms with E-state index >= 15 is 0 Å². The van der Waals surface area contributed by atoms with Gasteiger partial charge in [-0.1, -0.05) is 12.5 Å². The van der Waals surface area contributed by atoms with E-state index in [1.54, 1.807) is 23.5 Å². The average molecular weight is 369 g/mol. The molecule has 1 aromatic carbocycles. The van der Waals surface area contributed by atoms with Gasteiger partial charge in [-0.05, 0) is 30.7 Å². The molecule has 130 valence electrons. The standard InChI is InChI=1S/C17H20N2O3S.ClH/c18-13-9-15-16(22-11-21-15)10-14(13)19-17(20)7-3-1-2-5-12-6-4-8-23-12;/h4,6,8-10H,1-3,5,7,11,18H2,(H,19,20);1H. The molecule has 3 N–H and O–H groups in total. The molecule has 0 unspecified atom stereocenters. The lowest BCUT2D eigenvalue weighted by atomic mass is 10.1. The van der Waals surface area contributed by atoms with Gasteiger partial charge in [0.05, 0.1) is 11.4 Å². The zero-order valence-corrected chi connectivity index (χ0v) is 14.9. The van der Waals surface area contributed by atoms with E-state index in [0.29, 0.717) is 29.3 Å². The van der Waals surface area contributed by atoms with Crippen LogP contribution < -0.4 is 20.5 Å². The third-order valence-corrected chi connectivity index (χ3v) is 4.66. The van der Waals surface area contributed by atoms with Crippen LogP contribution in [0.15, 0.2) is 29.6 Å². The zero-order chi connectivity index (χ0) is 16.1. The molecule has 1 amide bonds. The predicted octanol–water partition coefficient (Wildman–Crippen LogP) is 4.22. The third kappa shape index (κ3) is 4.79. The van der Waals surface area contributed by atoms with Crippen LogP contribution >= 0.6 is 23.7 Å². The Balaban J connectivity index is 0.00000208. The van der Waals surface area contributed by atoms with E-state index in [9.17, 15) is 4.79 Å². The van der Waals surface area contributed by atoms with Crippen molar-refractivity contribution in [1.82, 2.24) is 0 Å². The second-order valence-electron chi connectivity index (χ2n) is 5.48. The number of ether oxygens (including phenoxy) is 2. The zero-order valence-electron chi connectivity index (χ0n) is 13.2. The number of rotatable bonds is 7. The van der Waals surface area contributed by atoms with Gasteiger partial charge in [0.2, 0.25) is 12.7 Å². The smallest absolute Gasteiger partial charge is 0.231 e. The van der Waals surface area contributed by atoms with Crippen LogP contribution in [0.3, 0.4) is 0 Å². The van der Waals surface area contributed by atoms with Crippen molar-refractivity contribution in [2.24, 2.45) is 0 Å². The summed E-state index contributed by atoms with van der Waals surface area (Å²) in [6.07, 6.45) is 4.62. The highest BCUT2D eigenvalue weighted by Crippen LogP contribution is 2.38. The molecule has 1 aliphatic heterocycles. The number of carbonyl (C=O) groups excluding carboxylic acids is 1. The first-order valence-electron chi connectivity index (χ1n) is 7.74. The number of benzene rings is 1. The summed E-state index contributed by atoms with van der Waals surface area (Å²) in [5, 5.41) is 4.94. The maximum Gasteiger partial charge on any atom is 0.231 e. The summed E-state index contributed by atoms with van der Waals surface area (Å²) >= 11 is 1.79. The molecule has 1 aliphatic rings. The van der Waals surface area contributed by atoms with Gasteiger partial charge in [0.15, 0.2) is 11.5 Å². The minimum Gasteiger partial charge on any atom is -0.454 e. The molecule has 5 nitrogen and oxygen atoms in total.